The monoisotopic (exact) mass is 234 g/mol. The van der Waals surface area contributed by atoms with Gasteiger partial charge in [0.05, 0.1) is 0 Å². The lowest BCUT2D eigenvalue weighted by Gasteiger charge is -2.04. The minimum atomic E-state index is 1.37. The van der Waals surface area contributed by atoms with Gasteiger partial charge in [0, 0.05) is 0 Å². The molecule has 0 saturated carbocycles. The largest absolute Gasteiger partial charge is 0.106 e. The van der Waals surface area contributed by atoms with E-state index >= 15 is 0 Å². The normalized spacial score (nSPS) is 11.1. The average molecular weight is 234 g/mol. The zero-order valence-corrected chi connectivity index (χ0v) is 11.0. The first-order valence-corrected chi connectivity index (χ1v) is 6.15. The highest BCUT2D eigenvalue weighted by atomic mass is 14.3. The van der Waals surface area contributed by atoms with Crippen molar-refractivity contribution < 1.29 is 0 Å². The molecule has 0 heteroatoms. The number of allylic oxidation sites excluding steroid dienone is 1. The molecule has 0 nitrogen and oxygen atoms in total. The van der Waals surface area contributed by atoms with Gasteiger partial charge in [-0.1, -0.05) is 54.1 Å². The zero-order chi connectivity index (χ0) is 13.1. The quantitative estimate of drug-likeness (QED) is 0.462. The Kier molecular flexibility index (Phi) is 3.47. The second-order valence-electron chi connectivity index (χ2n) is 4.47. The number of benzene rings is 2. The molecule has 1 aliphatic carbocycles. The highest BCUT2D eigenvalue weighted by Crippen LogP contribution is 2.44. The smallest absolute Gasteiger partial charge is 0.00990 e. The van der Waals surface area contributed by atoms with Crippen LogP contribution in [-0.2, 0) is 0 Å². The van der Waals surface area contributed by atoms with E-state index in [1.54, 1.807) is 0 Å². The van der Waals surface area contributed by atoms with Gasteiger partial charge in [-0.3, -0.25) is 0 Å². The van der Waals surface area contributed by atoms with Crippen molar-refractivity contribution in [2.75, 3.05) is 0 Å². The van der Waals surface area contributed by atoms with Crippen LogP contribution in [0.4, 0.5) is 0 Å². The summed E-state index contributed by atoms with van der Waals surface area (Å²) in [6.07, 6.45) is 0. The van der Waals surface area contributed by atoms with E-state index < -0.39 is 0 Å². The topological polar surface area (TPSA) is 0 Å². The van der Waals surface area contributed by atoms with Gasteiger partial charge in [-0.05, 0) is 41.7 Å². The van der Waals surface area contributed by atoms with E-state index in [0.29, 0.717) is 0 Å². The van der Waals surface area contributed by atoms with E-state index in [1.807, 2.05) is 0 Å². The Morgan fingerprint density at radius 1 is 0.667 bits per heavy atom. The lowest BCUT2D eigenvalue weighted by Crippen LogP contribution is -1.83. The number of rotatable bonds is 0. The molecular formula is C18H18. The minimum absolute atomic E-state index is 1.37. The number of fused-ring (bicyclic) bond motifs is 3. The van der Waals surface area contributed by atoms with Crippen LogP contribution in [0.25, 0.3) is 16.7 Å². The van der Waals surface area contributed by atoms with Gasteiger partial charge < -0.3 is 0 Å². The fraction of sp³-hybridized carbons (Fsp3) is 0.111. The molecule has 0 bridgehead atoms. The van der Waals surface area contributed by atoms with E-state index in [2.05, 4.69) is 75.5 Å². The van der Waals surface area contributed by atoms with Crippen molar-refractivity contribution in [1.29, 1.82) is 0 Å². The van der Waals surface area contributed by atoms with E-state index in [1.165, 1.54) is 33.4 Å². The third-order valence-corrected chi connectivity index (χ3v) is 3.18. The maximum atomic E-state index is 3.00. The summed E-state index contributed by atoms with van der Waals surface area (Å²) in [5.41, 5.74) is 8.29. The molecular weight excluding hydrogens is 216 g/mol. The van der Waals surface area contributed by atoms with Crippen LogP contribution in [0.3, 0.4) is 0 Å². The molecule has 0 saturated heterocycles. The summed E-state index contributed by atoms with van der Waals surface area (Å²) in [5, 5.41) is 0. The molecule has 0 atom stereocenters. The van der Waals surface area contributed by atoms with Crippen LogP contribution in [0, 0.1) is 0 Å². The van der Waals surface area contributed by atoms with Crippen molar-refractivity contribution >= 4 is 5.57 Å². The van der Waals surface area contributed by atoms with Crippen LogP contribution in [-0.4, -0.2) is 0 Å². The fourth-order valence-electron chi connectivity index (χ4n) is 2.56. The number of hydrogen-bond acceptors (Lipinski definition) is 0. The molecule has 18 heavy (non-hydrogen) atoms. The summed E-state index contributed by atoms with van der Waals surface area (Å²) in [5.74, 6) is 0. The molecule has 0 unspecified atom stereocenters. The van der Waals surface area contributed by atoms with Gasteiger partial charge in [0.15, 0.2) is 0 Å². The highest BCUT2D eigenvalue weighted by Gasteiger charge is 2.22. The van der Waals surface area contributed by atoms with Gasteiger partial charge in [0.1, 0.15) is 0 Å². The highest BCUT2D eigenvalue weighted by molar-refractivity contribution is 6.01. The van der Waals surface area contributed by atoms with Crippen molar-refractivity contribution in [3.8, 4) is 11.1 Å². The molecule has 0 heterocycles. The maximum absolute atomic E-state index is 3.00. The molecule has 0 amide bonds. The molecule has 0 spiro atoms. The lowest BCUT2D eigenvalue weighted by molar-refractivity contribution is 1.39. The van der Waals surface area contributed by atoms with Gasteiger partial charge >= 0.3 is 0 Å². The van der Waals surface area contributed by atoms with Crippen LogP contribution in [0.5, 0.6) is 0 Å². The average Bonchev–Trinajstić information content (AvgIpc) is 2.75. The SMILES string of the molecule is C=C.CC(C)=C1c2ccccc2-c2ccccc21. The third kappa shape index (κ3) is 1.80. The molecule has 0 aromatic heterocycles. The lowest BCUT2D eigenvalue weighted by atomic mass is 10.00. The van der Waals surface area contributed by atoms with Crippen LogP contribution < -0.4 is 0 Å². The van der Waals surface area contributed by atoms with E-state index in [0.717, 1.165) is 0 Å². The Morgan fingerprint density at radius 2 is 1.00 bits per heavy atom. The maximum Gasteiger partial charge on any atom is -0.00990 e. The molecule has 1 aliphatic rings. The molecule has 3 rings (SSSR count). The molecule has 0 radical (unpaired) electrons. The molecule has 90 valence electrons. The summed E-state index contributed by atoms with van der Waals surface area (Å²) >= 11 is 0. The predicted octanol–water partition coefficient (Wildman–Crippen LogP) is 5.31. The van der Waals surface area contributed by atoms with E-state index in [-0.39, 0.29) is 0 Å². The van der Waals surface area contributed by atoms with Crippen molar-refractivity contribution in [2.24, 2.45) is 0 Å². The second kappa shape index (κ2) is 5.05. The first-order valence-electron chi connectivity index (χ1n) is 6.15. The van der Waals surface area contributed by atoms with E-state index in [9.17, 15) is 0 Å². The summed E-state index contributed by atoms with van der Waals surface area (Å²) in [4.78, 5) is 0. The predicted molar refractivity (Wildman–Crippen MR) is 80.5 cm³/mol. The molecule has 2 aromatic carbocycles. The van der Waals surface area contributed by atoms with E-state index in [4.69, 9.17) is 0 Å². The minimum Gasteiger partial charge on any atom is -0.106 e. The van der Waals surface area contributed by atoms with Crippen molar-refractivity contribution in [1.82, 2.24) is 0 Å². The molecule has 0 aliphatic heterocycles. The van der Waals surface area contributed by atoms with Crippen LogP contribution in [0.2, 0.25) is 0 Å². The Morgan fingerprint density at radius 3 is 1.33 bits per heavy atom. The van der Waals surface area contributed by atoms with Crippen molar-refractivity contribution in [2.45, 2.75) is 13.8 Å². The van der Waals surface area contributed by atoms with Crippen molar-refractivity contribution in [3.63, 3.8) is 0 Å². The first-order chi connectivity index (χ1) is 8.79. The Hall–Kier alpha value is -2.08. The van der Waals surface area contributed by atoms with Crippen LogP contribution >= 0.6 is 0 Å². The Bertz CT molecular complexity index is 551. The van der Waals surface area contributed by atoms with Gasteiger partial charge in [-0.25, -0.2) is 0 Å². The first kappa shape index (κ1) is 12.4. The summed E-state index contributed by atoms with van der Waals surface area (Å²) in [6, 6.07) is 17.3. The molecule has 0 fully saturated rings. The van der Waals surface area contributed by atoms with Crippen LogP contribution in [0.1, 0.15) is 25.0 Å². The van der Waals surface area contributed by atoms with Gasteiger partial charge in [0.25, 0.3) is 0 Å². The zero-order valence-electron chi connectivity index (χ0n) is 11.0. The fourth-order valence-corrected chi connectivity index (χ4v) is 2.56. The standard InChI is InChI=1S/C16H14.C2H4/c1-11(2)16-14-9-5-3-7-12(14)13-8-4-6-10-15(13)16;1-2/h3-10H,1-2H3;1-2H2. The second-order valence-corrected chi connectivity index (χ2v) is 4.47. The van der Waals surface area contributed by atoms with Crippen molar-refractivity contribution in [3.05, 3.63) is 78.4 Å². The third-order valence-electron chi connectivity index (χ3n) is 3.18. The molecule has 0 N–H and O–H groups in total. The van der Waals surface area contributed by atoms with Gasteiger partial charge in [-0.2, -0.15) is 0 Å². The summed E-state index contributed by atoms with van der Waals surface area (Å²) in [7, 11) is 0. The Balaban J connectivity index is 0.000000574. The summed E-state index contributed by atoms with van der Waals surface area (Å²) in [6.45, 7) is 10.4. The Labute approximate surface area is 109 Å². The summed E-state index contributed by atoms with van der Waals surface area (Å²) < 4.78 is 0. The molecule has 2 aromatic rings. The number of hydrogen-bond donors (Lipinski definition) is 0. The van der Waals surface area contributed by atoms with Crippen LogP contribution in [0.15, 0.2) is 67.3 Å². The van der Waals surface area contributed by atoms with Gasteiger partial charge in [0.2, 0.25) is 0 Å². The van der Waals surface area contributed by atoms with Gasteiger partial charge in [-0.15, -0.1) is 13.2 Å².